The molecular formula is C18H10F3N3O7S2. The van der Waals surface area contributed by atoms with Crippen LogP contribution in [0.1, 0.15) is 30.5 Å². The van der Waals surface area contributed by atoms with Crippen LogP contribution in [-0.2, 0) is 12.7 Å². The minimum Gasteiger partial charge on any atom is -0.422 e. The third kappa shape index (κ3) is 5.69. The molecule has 2 aromatic heterocycles. The molecule has 1 amide bonds. The fourth-order valence-electron chi connectivity index (χ4n) is 2.50. The van der Waals surface area contributed by atoms with E-state index >= 15 is 0 Å². The maximum atomic E-state index is 13.5. The zero-order valence-corrected chi connectivity index (χ0v) is 17.6. The van der Waals surface area contributed by atoms with Crippen LogP contribution in [0.2, 0.25) is 0 Å². The summed E-state index contributed by atoms with van der Waals surface area (Å²) >= 11 is 1.07. The molecule has 3 rings (SSSR count). The summed E-state index contributed by atoms with van der Waals surface area (Å²) < 4.78 is 45.3. The van der Waals surface area contributed by atoms with Gasteiger partial charge in [-0.3, -0.25) is 25.0 Å². The van der Waals surface area contributed by atoms with Crippen molar-refractivity contribution in [2.75, 3.05) is 0 Å². The van der Waals surface area contributed by atoms with E-state index in [0.717, 1.165) is 24.3 Å². The molecule has 3 aromatic rings. The molecule has 0 saturated carbocycles. The van der Waals surface area contributed by atoms with Crippen molar-refractivity contribution < 1.29 is 37.3 Å². The van der Waals surface area contributed by atoms with Crippen molar-refractivity contribution in [3.8, 4) is 5.75 Å². The van der Waals surface area contributed by atoms with E-state index in [0.29, 0.717) is 28.7 Å². The summed E-state index contributed by atoms with van der Waals surface area (Å²) in [6, 6.07) is 7.20. The van der Waals surface area contributed by atoms with Crippen LogP contribution >= 0.6 is 22.7 Å². The SMILES string of the molecule is O=C(NCc1ccc(OC(=O)c2ccc([N+](=O)[O-])s2)c(C(F)(F)F)c1)c1ccc([N+](=O)[O-])s1. The van der Waals surface area contributed by atoms with Crippen molar-refractivity contribution in [1.82, 2.24) is 5.32 Å². The number of nitrogens with one attached hydrogen (secondary N) is 1. The average Bonchev–Trinajstić information content (AvgIpc) is 3.42. The maximum absolute atomic E-state index is 13.5. The first-order chi connectivity index (χ1) is 15.5. The van der Waals surface area contributed by atoms with Gasteiger partial charge in [0, 0.05) is 18.7 Å². The summed E-state index contributed by atoms with van der Waals surface area (Å²) in [7, 11) is 0. The first-order valence-corrected chi connectivity index (χ1v) is 10.3. The normalized spacial score (nSPS) is 11.1. The number of hydrogen-bond donors (Lipinski definition) is 1. The lowest BCUT2D eigenvalue weighted by atomic mass is 10.1. The first kappa shape index (κ1) is 23.8. The molecule has 0 aliphatic rings. The fourth-order valence-corrected chi connectivity index (χ4v) is 3.93. The summed E-state index contributed by atoms with van der Waals surface area (Å²) in [5.74, 6) is -2.72. The Morgan fingerprint density at radius 3 is 2.06 bits per heavy atom. The number of carbonyl (C=O) groups excluding carboxylic acids is 2. The van der Waals surface area contributed by atoms with Gasteiger partial charge in [0.25, 0.3) is 5.91 Å². The molecule has 0 atom stereocenters. The topological polar surface area (TPSA) is 142 Å². The Bertz CT molecular complexity index is 1250. The lowest BCUT2D eigenvalue weighted by Crippen LogP contribution is -2.22. The zero-order chi connectivity index (χ0) is 24.3. The molecule has 0 fully saturated rings. The molecule has 33 heavy (non-hydrogen) atoms. The Morgan fingerprint density at radius 2 is 1.52 bits per heavy atom. The summed E-state index contributed by atoms with van der Waals surface area (Å²) in [4.78, 5) is 43.9. The molecule has 15 heteroatoms. The number of hydrogen-bond acceptors (Lipinski definition) is 9. The molecule has 0 saturated heterocycles. The van der Waals surface area contributed by atoms with Gasteiger partial charge in [0.1, 0.15) is 10.6 Å². The van der Waals surface area contributed by atoms with E-state index < -0.39 is 39.2 Å². The molecule has 2 heterocycles. The van der Waals surface area contributed by atoms with Crippen LogP contribution in [0.4, 0.5) is 23.2 Å². The summed E-state index contributed by atoms with van der Waals surface area (Å²) in [6.45, 7) is -0.334. The highest BCUT2D eigenvalue weighted by Crippen LogP contribution is 2.37. The molecule has 0 aliphatic carbocycles. The lowest BCUT2D eigenvalue weighted by molar-refractivity contribution is -0.380. The van der Waals surface area contributed by atoms with Crippen molar-refractivity contribution in [2.24, 2.45) is 0 Å². The van der Waals surface area contributed by atoms with Crippen LogP contribution in [0.5, 0.6) is 5.75 Å². The standard InChI is InChI=1S/C18H10F3N3O7S2/c19-18(20,21)10-7-9(8-22-16(25)12-3-5-14(32-12)23(27)28)1-2-11(10)31-17(26)13-4-6-15(33-13)24(29)30/h1-7H,8H2,(H,22,25). The highest BCUT2D eigenvalue weighted by molar-refractivity contribution is 7.17. The van der Waals surface area contributed by atoms with E-state index in [2.05, 4.69) is 5.32 Å². The highest BCUT2D eigenvalue weighted by atomic mass is 32.1. The number of thiophene rings is 2. The van der Waals surface area contributed by atoms with Crippen molar-refractivity contribution in [1.29, 1.82) is 0 Å². The number of carbonyl (C=O) groups is 2. The number of benzene rings is 1. The number of rotatable bonds is 7. The van der Waals surface area contributed by atoms with E-state index in [1.54, 1.807) is 0 Å². The van der Waals surface area contributed by atoms with E-state index in [9.17, 15) is 43.0 Å². The monoisotopic (exact) mass is 501 g/mol. The quantitative estimate of drug-likeness (QED) is 0.212. The van der Waals surface area contributed by atoms with Gasteiger partial charge in [-0.25, -0.2) is 4.79 Å². The van der Waals surface area contributed by atoms with E-state index in [1.807, 2.05) is 0 Å². The molecule has 0 bridgehead atoms. The molecular weight excluding hydrogens is 491 g/mol. The van der Waals surface area contributed by atoms with Crippen LogP contribution in [0.15, 0.2) is 42.5 Å². The van der Waals surface area contributed by atoms with Gasteiger partial charge in [-0.05, 0) is 29.8 Å². The Balaban J connectivity index is 1.75. The summed E-state index contributed by atoms with van der Waals surface area (Å²) in [5, 5.41) is 23.1. The van der Waals surface area contributed by atoms with Crippen molar-refractivity contribution in [2.45, 2.75) is 12.7 Å². The predicted octanol–water partition coefficient (Wildman–Crippen LogP) is 4.79. The second kappa shape index (κ2) is 9.33. The lowest BCUT2D eigenvalue weighted by Gasteiger charge is -2.14. The molecule has 10 nitrogen and oxygen atoms in total. The van der Waals surface area contributed by atoms with Gasteiger partial charge < -0.3 is 10.1 Å². The van der Waals surface area contributed by atoms with Gasteiger partial charge in [-0.15, -0.1) is 0 Å². The Labute approximate surface area is 189 Å². The van der Waals surface area contributed by atoms with Gasteiger partial charge in [-0.2, -0.15) is 13.2 Å². The van der Waals surface area contributed by atoms with Crippen molar-refractivity contribution in [3.63, 3.8) is 0 Å². The van der Waals surface area contributed by atoms with E-state index in [-0.39, 0.29) is 31.9 Å². The first-order valence-electron chi connectivity index (χ1n) is 8.64. The van der Waals surface area contributed by atoms with Crippen LogP contribution in [0, 0.1) is 20.2 Å². The van der Waals surface area contributed by atoms with Crippen LogP contribution in [0.3, 0.4) is 0 Å². The van der Waals surface area contributed by atoms with Gasteiger partial charge in [-0.1, -0.05) is 28.7 Å². The van der Waals surface area contributed by atoms with E-state index in [4.69, 9.17) is 4.74 Å². The van der Waals surface area contributed by atoms with Gasteiger partial charge >= 0.3 is 22.1 Å². The summed E-state index contributed by atoms with van der Waals surface area (Å²) in [6.07, 6.45) is -4.91. The van der Waals surface area contributed by atoms with Crippen molar-refractivity contribution in [3.05, 3.63) is 83.6 Å². The number of nitrogens with zero attached hydrogens (tertiary/aromatic N) is 2. The molecule has 1 N–H and O–H groups in total. The second-order valence-corrected chi connectivity index (χ2v) is 8.31. The number of amides is 1. The van der Waals surface area contributed by atoms with Crippen LogP contribution in [0.25, 0.3) is 0 Å². The number of ether oxygens (including phenoxy) is 1. The molecule has 0 radical (unpaired) electrons. The van der Waals surface area contributed by atoms with E-state index in [1.165, 1.54) is 12.1 Å². The molecule has 0 unspecified atom stereocenters. The Morgan fingerprint density at radius 1 is 0.939 bits per heavy atom. The second-order valence-electron chi connectivity index (χ2n) is 6.19. The minimum absolute atomic E-state index is 0.00772. The smallest absolute Gasteiger partial charge is 0.419 e. The number of alkyl halides is 3. The molecule has 172 valence electrons. The third-order valence-corrected chi connectivity index (χ3v) is 6.03. The fraction of sp³-hybridized carbons (Fsp3) is 0.111. The Hall–Kier alpha value is -3.85. The average molecular weight is 501 g/mol. The van der Waals surface area contributed by atoms with Gasteiger partial charge in [0.2, 0.25) is 0 Å². The summed E-state index contributed by atoms with van der Waals surface area (Å²) in [5.41, 5.74) is -1.27. The third-order valence-electron chi connectivity index (χ3n) is 3.97. The molecule has 1 aromatic carbocycles. The number of nitro groups is 2. The van der Waals surface area contributed by atoms with Gasteiger partial charge in [0.05, 0.1) is 20.3 Å². The zero-order valence-electron chi connectivity index (χ0n) is 16.0. The largest absolute Gasteiger partial charge is 0.422 e. The molecule has 0 aliphatic heterocycles. The maximum Gasteiger partial charge on any atom is 0.419 e. The van der Waals surface area contributed by atoms with Crippen molar-refractivity contribution >= 4 is 44.6 Å². The molecule has 0 spiro atoms. The Kier molecular flexibility index (Phi) is 6.73. The van der Waals surface area contributed by atoms with Crippen LogP contribution in [-0.4, -0.2) is 21.7 Å². The van der Waals surface area contributed by atoms with Crippen LogP contribution < -0.4 is 10.1 Å². The minimum atomic E-state index is -4.91. The predicted molar refractivity (Wildman–Crippen MR) is 110 cm³/mol. The van der Waals surface area contributed by atoms with Gasteiger partial charge in [0.15, 0.2) is 0 Å². The number of esters is 1. The number of halogens is 3. The highest BCUT2D eigenvalue weighted by Gasteiger charge is 2.35.